The van der Waals surface area contributed by atoms with E-state index >= 15 is 0 Å². The van der Waals surface area contributed by atoms with E-state index in [1.807, 2.05) is 0 Å². The van der Waals surface area contributed by atoms with E-state index in [1.165, 1.54) is 31.5 Å². The number of nitrogens with zero attached hydrogens (tertiary/aromatic N) is 5. The highest BCUT2D eigenvalue weighted by molar-refractivity contribution is 5.97. The van der Waals surface area contributed by atoms with E-state index < -0.39 is 18.3 Å². The molecule has 2 fully saturated rings. The molecule has 5 rings (SSSR count). The van der Waals surface area contributed by atoms with E-state index in [0.29, 0.717) is 29.6 Å². The van der Waals surface area contributed by atoms with Crippen LogP contribution >= 0.6 is 0 Å². The minimum Gasteiger partial charge on any atom is -0.488 e. The summed E-state index contributed by atoms with van der Waals surface area (Å²) >= 11 is 0. The number of aromatic nitrogens is 3. The fraction of sp³-hybridized carbons (Fsp3) is 0.346. The van der Waals surface area contributed by atoms with Crippen LogP contribution in [0.4, 0.5) is 18.0 Å². The van der Waals surface area contributed by atoms with Crippen molar-refractivity contribution in [3.05, 3.63) is 59.2 Å². The van der Waals surface area contributed by atoms with Gasteiger partial charge in [0.05, 0.1) is 24.9 Å². The second-order valence-corrected chi connectivity index (χ2v) is 9.18. The molecular weight excluding hydrogens is 533 g/mol. The summed E-state index contributed by atoms with van der Waals surface area (Å²) in [4.78, 5) is 31.1. The van der Waals surface area contributed by atoms with Crippen molar-refractivity contribution >= 4 is 12.0 Å². The summed E-state index contributed by atoms with van der Waals surface area (Å²) in [6.07, 6.45) is 2.47. The SMILES string of the molecule is COc1nc(-c2cnn(C(F)F)c2)c(O[C@H]2CCN3C(=O)OC[C@@H]3C2)cc1C(=O)NCc1ccc(C#N)c(F)c1. The second-order valence-electron chi connectivity index (χ2n) is 9.18. The molecule has 11 nitrogen and oxygen atoms in total. The molecule has 2 aromatic heterocycles. The van der Waals surface area contributed by atoms with Crippen LogP contribution in [0.5, 0.6) is 11.6 Å². The highest BCUT2D eigenvalue weighted by Crippen LogP contribution is 2.36. The first-order valence-corrected chi connectivity index (χ1v) is 12.3. The topological polar surface area (TPSA) is 132 Å². The van der Waals surface area contributed by atoms with Crippen LogP contribution in [0.1, 0.15) is 40.9 Å². The van der Waals surface area contributed by atoms with Crippen LogP contribution < -0.4 is 14.8 Å². The molecule has 0 spiro atoms. The van der Waals surface area contributed by atoms with Crippen molar-refractivity contribution in [1.29, 1.82) is 5.26 Å². The van der Waals surface area contributed by atoms with Gasteiger partial charge in [-0.25, -0.2) is 18.9 Å². The maximum Gasteiger partial charge on any atom is 0.410 e. The predicted octanol–water partition coefficient (Wildman–Crippen LogP) is 3.65. The number of methoxy groups -OCH3 is 1. The molecule has 40 heavy (non-hydrogen) atoms. The zero-order valence-corrected chi connectivity index (χ0v) is 21.1. The molecule has 4 heterocycles. The van der Waals surface area contributed by atoms with Crippen molar-refractivity contribution < 1.29 is 37.0 Å². The molecule has 1 aromatic carbocycles. The van der Waals surface area contributed by atoms with Gasteiger partial charge in [0.15, 0.2) is 0 Å². The first kappa shape index (κ1) is 26.8. The molecule has 0 radical (unpaired) electrons. The van der Waals surface area contributed by atoms with Gasteiger partial charge >= 0.3 is 12.6 Å². The maximum absolute atomic E-state index is 14.0. The minimum absolute atomic E-state index is 0.00608. The van der Waals surface area contributed by atoms with Crippen molar-refractivity contribution in [3.8, 4) is 29.0 Å². The molecule has 2 aliphatic heterocycles. The Morgan fingerprint density at radius 2 is 2.17 bits per heavy atom. The molecule has 2 amide bonds. The lowest BCUT2D eigenvalue weighted by Gasteiger charge is -2.32. The van der Waals surface area contributed by atoms with Gasteiger partial charge in [0.25, 0.3) is 5.91 Å². The highest BCUT2D eigenvalue weighted by atomic mass is 19.3. The van der Waals surface area contributed by atoms with E-state index in [-0.39, 0.29) is 65.4 Å². The second kappa shape index (κ2) is 11.1. The fourth-order valence-corrected chi connectivity index (χ4v) is 4.65. The molecule has 0 saturated carbocycles. The Hall–Kier alpha value is -4.80. The van der Waals surface area contributed by atoms with Crippen LogP contribution in [0.25, 0.3) is 11.3 Å². The van der Waals surface area contributed by atoms with Gasteiger partial charge < -0.3 is 24.4 Å². The predicted molar refractivity (Wildman–Crippen MR) is 131 cm³/mol. The number of fused-ring (bicyclic) bond motifs is 1. The number of benzene rings is 1. The molecule has 0 bridgehead atoms. The number of nitriles is 1. The van der Waals surface area contributed by atoms with Gasteiger partial charge in [0.2, 0.25) is 5.88 Å². The van der Waals surface area contributed by atoms with Crippen molar-refractivity contribution in [2.75, 3.05) is 20.3 Å². The number of pyridine rings is 1. The Bertz CT molecular complexity index is 1490. The number of amides is 2. The van der Waals surface area contributed by atoms with E-state index in [4.69, 9.17) is 19.5 Å². The Morgan fingerprint density at radius 1 is 1.35 bits per heavy atom. The van der Waals surface area contributed by atoms with Gasteiger partial charge in [0, 0.05) is 43.8 Å². The molecule has 2 aliphatic rings. The number of halogens is 3. The summed E-state index contributed by atoms with van der Waals surface area (Å²) in [5.74, 6) is -1.29. The largest absolute Gasteiger partial charge is 0.488 e. The first-order valence-electron chi connectivity index (χ1n) is 12.3. The minimum atomic E-state index is -2.87. The van der Waals surface area contributed by atoms with E-state index in [1.54, 1.807) is 11.0 Å². The van der Waals surface area contributed by atoms with Crippen LogP contribution in [0.15, 0.2) is 36.7 Å². The monoisotopic (exact) mass is 556 g/mol. The lowest BCUT2D eigenvalue weighted by Crippen LogP contribution is -2.44. The summed E-state index contributed by atoms with van der Waals surface area (Å²) in [5, 5.41) is 15.2. The number of carbonyl (C=O) groups is 2. The highest BCUT2D eigenvalue weighted by Gasteiger charge is 2.39. The van der Waals surface area contributed by atoms with E-state index in [2.05, 4.69) is 15.4 Å². The Balaban J connectivity index is 1.44. The number of alkyl halides is 2. The van der Waals surface area contributed by atoms with E-state index in [0.717, 1.165) is 12.3 Å². The number of hydrogen-bond donors (Lipinski definition) is 1. The van der Waals surface area contributed by atoms with Gasteiger partial charge in [-0.15, -0.1) is 0 Å². The number of piperidine rings is 1. The molecule has 1 N–H and O–H groups in total. The summed E-state index contributed by atoms with van der Waals surface area (Å²) in [6, 6.07) is 6.94. The molecule has 0 unspecified atom stereocenters. The van der Waals surface area contributed by atoms with E-state index in [9.17, 15) is 22.8 Å². The van der Waals surface area contributed by atoms with Gasteiger partial charge in [-0.3, -0.25) is 4.79 Å². The lowest BCUT2D eigenvalue weighted by molar-refractivity contribution is 0.0566. The molecule has 2 saturated heterocycles. The summed E-state index contributed by atoms with van der Waals surface area (Å²) < 4.78 is 57.6. The number of rotatable bonds is 8. The fourth-order valence-electron chi connectivity index (χ4n) is 4.65. The summed E-state index contributed by atoms with van der Waals surface area (Å²) in [5.41, 5.74) is 0.645. The zero-order chi connectivity index (χ0) is 28.4. The first-order chi connectivity index (χ1) is 19.3. The van der Waals surface area contributed by atoms with Crippen molar-refractivity contribution in [3.63, 3.8) is 0 Å². The third-order valence-electron chi connectivity index (χ3n) is 6.67. The maximum atomic E-state index is 14.0. The Morgan fingerprint density at radius 3 is 2.88 bits per heavy atom. The smallest absolute Gasteiger partial charge is 0.410 e. The third-order valence-corrected chi connectivity index (χ3v) is 6.67. The quantitative estimate of drug-likeness (QED) is 0.445. The number of cyclic esters (lactones) is 1. The van der Waals surface area contributed by atoms with Gasteiger partial charge in [-0.2, -0.15) is 19.1 Å². The third kappa shape index (κ3) is 5.35. The molecule has 14 heteroatoms. The molecule has 208 valence electrons. The molecule has 3 aromatic rings. The van der Waals surface area contributed by atoms with Crippen LogP contribution in [0, 0.1) is 17.1 Å². The van der Waals surface area contributed by atoms with Gasteiger partial charge in [0.1, 0.15) is 41.6 Å². The average Bonchev–Trinajstić information content (AvgIpc) is 3.59. The van der Waals surface area contributed by atoms with Crippen molar-refractivity contribution in [2.24, 2.45) is 0 Å². The average molecular weight is 557 g/mol. The van der Waals surface area contributed by atoms with Crippen LogP contribution in [0.3, 0.4) is 0 Å². The zero-order valence-electron chi connectivity index (χ0n) is 21.1. The van der Waals surface area contributed by atoms with Crippen molar-refractivity contribution in [1.82, 2.24) is 25.0 Å². The molecule has 2 atom stereocenters. The number of nitrogens with one attached hydrogen (secondary N) is 1. The van der Waals surface area contributed by atoms with Crippen LogP contribution in [-0.2, 0) is 11.3 Å². The van der Waals surface area contributed by atoms with Gasteiger partial charge in [-0.1, -0.05) is 6.07 Å². The Kier molecular flexibility index (Phi) is 7.45. The number of hydrogen-bond acceptors (Lipinski definition) is 8. The van der Waals surface area contributed by atoms with Crippen LogP contribution in [0.2, 0.25) is 0 Å². The molecule has 0 aliphatic carbocycles. The Labute approximate surface area is 226 Å². The number of ether oxygens (including phenoxy) is 3. The lowest BCUT2D eigenvalue weighted by atomic mass is 10.0. The molecular formula is C26H23F3N6O5. The standard InChI is InChI=1S/C26H23F3N6O5/c1-38-24-19(23(36)31-10-14-2-3-15(9-30)20(27)6-14)8-21(22(33-24)16-11-32-35(12-16)25(28)29)40-18-4-5-34-17(7-18)13-39-26(34)37/h2-3,6,8,11-12,17-18,25H,4-5,7,10,13H2,1H3,(H,31,36)/t17-,18-/m0/s1. The number of carbonyl (C=O) groups excluding carboxylic acids is 2. The van der Waals surface area contributed by atoms with Crippen molar-refractivity contribution in [2.45, 2.75) is 38.1 Å². The van der Waals surface area contributed by atoms with Gasteiger partial charge in [-0.05, 0) is 17.7 Å². The summed E-state index contributed by atoms with van der Waals surface area (Å²) in [7, 11) is 1.30. The normalized spacial score (nSPS) is 18.2. The van der Waals surface area contributed by atoms with Crippen LogP contribution in [-0.4, -0.2) is 64.1 Å². The summed E-state index contributed by atoms with van der Waals surface area (Å²) in [6.45, 7) is -2.29.